The maximum atomic E-state index is 11.3. The molecule has 0 heterocycles. The van der Waals surface area contributed by atoms with Crippen LogP contribution in [0.2, 0.25) is 0 Å². The summed E-state index contributed by atoms with van der Waals surface area (Å²) in [6.07, 6.45) is -13.4. The molecule has 0 atom stereocenters. The Balaban J connectivity index is -0.000000134. The van der Waals surface area contributed by atoms with Gasteiger partial charge in [0.2, 0.25) is 4.69 Å². The number of alkyl carbamates (subject to hydrolysis) is 2. The number of carbonyl (C=O) groups excluding carboxylic acids is 8. The molecule has 0 unspecified atom stereocenters. The summed E-state index contributed by atoms with van der Waals surface area (Å²) in [5.41, 5.74) is 6.21. The molecule has 0 aliphatic carbocycles. The standard InChI is InChI=1S/C11H20BrNO4.C10H18O5.C9H19NO4.C6H12BrNO2.C4H6Br2O.C4H11NO2.2C2HF3O2/c1-10(2,3)17-9(15)13-6-7-16-8(14)11(4,5)12;1-9(2,3)14-7(11)13-8(12)15-10(4,5)6;1-9(2,3)14-8(12)10-4-6-13-7-5-11;1-6(2,7)5(9)10-4-3-8;1-4(2,6)3(5)7;5-1-3-7-4-2-6;2*3-2(4,5)1(6)7/h6-7H2,1-5H3,(H,13,15);1-6H3;11H,4-7H2,1-3H3,(H,10,12);3-4,8H2,1-2H3;1-2H3;6H,1-5H2;2*(H,6,7). The Labute approximate surface area is 520 Å². The van der Waals surface area contributed by atoms with Crippen molar-refractivity contribution in [1.29, 1.82) is 0 Å². The van der Waals surface area contributed by atoms with E-state index in [4.69, 9.17) is 73.6 Å². The van der Waals surface area contributed by atoms with Crippen molar-refractivity contribution in [3.8, 4) is 0 Å². The van der Waals surface area contributed by atoms with Crippen LogP contribution in [0.25, 0.3) is 0 Å². The highest BCUT2D eigenvalue weighted by Crippen LogP contribution is 2.20. The van der Waals surface area contributed by atoms with Gasteiger partial charge in [0.25, 0.3) is 0 Å². The number of carboxylic acid groups (broad SMARTS) is 2. The van der Waals surface area contributed by atoms with E-state index in [1.807, 2.05) is 0 Å². The minimum absolute atomic E-state index is 0.00750. The quantitative estimate of drug-likeness (QED) is 0.0155. The lowest BCUT2D eigenvalue weighted by atomic mass is 10.2. The predicted molar refractivity (Wildman–Crippen MR) is 304 cm³/mol. The van der Waals surface area contributed by atoms with Crippen molar-refractivity contribution in [3.63, 3.8) is 0 Å². The van der Waals surface area contributed by atoms with Gasteiger partial charge in [0.1, 0.15) is 56.8 Å². The van der Waals surface area contributed by atoms with Gasteiger partial charge in [-0.05, 0) is 141 Å². The molecule has 0 saturated carbocycles. The van der Waals surface area contributed by atoms with E-state index in [9.17, 15) is 59.9 Å². The summed E-state index contributed by atoms with van der Waals surface area (Å²) < 4.78 is 105. The van der Waals surface area contributed by atoms with Crippen LogP contribution in [0.4, 0.5) is 45.5 Å². The van der Waals surface area contributed by atoms with Crippen LogP contribution in [0, 0.1) is 0 Å². The average Bonchev–Trinajstić information content (AvgIpc) is 3.24. The van der Waals surface area contributed by atoms with E-state index in [1.165, 1.54) is 0 Å². The maximum absolute atomic E-state index is 11.3. The number of carboxylic acids is 2. The number of nitrogens with one attached hydrogen (secondary N) is 2. The van der Waals surface area contributed by atoms with Gasteiger partial charge in [-0.25, -0.2) is 24.0 Å². The first-order chi connectivity index (χ1) is 37.2. The largest absolute Gasteiger partial charge is 0.542 e. The van der Waals surface area contributed by atoms with Crippen LogP contribution in [0.1, 0.15) is 125 Å². The topological polar surface area (TPSA) is 398 Å². The summed E-state index contributed by atoms with van der Waals surface area (Å²) in [5, 5.41) is 37.4. The summed E-state index contributed by atoms with van der Waals surface area (Å²) in [6, 6.07) is 0. The van der Waals surface area contributed by atoms with E-state index >= 15 is 0 Å². The zero-order chi connectivity index (χ0) is 69.0. The van der Waals surface area contributed by atoms with Crippen molar-refractivity contribution in [2.45, 2.75) is 172 Å². The monoisotopic (exact) mass is 1500 g/mol. The maximum Gasteiger partial charge on any atom is 0.519 e. The van der Waals surface area contributed by atoms with Crippen molar-refractivity contribution >= 4 is 117 Å². The fourth-order valence-corrected chi connectivity index (χ4v) is 2.91. The predicted octanol–water partition coefficient (Wildman–Crippen LogP) is 6.53. The van der Waals surface area contributed by atoms with Gasteiger partial charge in [0, 0.05) is 13.1 Å². The van der Waals surface area contributed by atoms with E-state index in [1.54, 1.807) is 125 Å². The number of aliphatic hydroxyl groups excluding tert-OH is 2. The first-order valence-corrected chi connectivity index (χ1v) is 27.5. The minimum atomic E-state index is -5.19. The molecule has 36 heteroatoms. The smallest absolute Gasteiger partial charge is 0.519 e. The number of carbonyl (C=O) groups is 9. The SMILES string of the molecule is CC(C)(Br)C(=O)Br.CC(C)(Br)C(=O)OCC[NH3+].CC(C)(C)OC(=O)NCCOC(=O)C(C)(C)Br.CC(C)(C)OC(=O)NCCOCCO.CC(C)(C)OC(=O)OC(=O)OC(C)(C)C.NCCOCCO.O=C(O)C(F)(F)F.O=C([O-])C(F)(F)F. The van der Waals surface area contributed by atoms with E-state index in [0.29, 0.717) is 46.1 Å². The molecule has 502 valence electrons. The number of aliphatic carboxylic acids is 2. The number of halogens is 10. The van der Waals surface area contributed by atoms with Crippen LogP contribution in [0.3, 0.4) is 0 Å². The van der Waals surface area contributed by atoms with E-state index < -0.39 is 84.2 Å². The minimum Gasteiger partial charge on any atom is -0.542 e. The number of esters is 2. The lowest BCUT2D eigenvalue weighted by Crippen LogP contribution is -2.52. The van der Waals surface area contributed by atoms with Gasteiger partial charge in [-0.1, -0.05) is 47.8 Å². The van der Waals surface area contributed by atoms with Gasteiger partial charge < -0.3 is 90.0 Å². The van der Waals surface area contributed by atoms with E-state index in [-0.39, 0.29) is 49.6 Å². The molecule has 0 saturated heterocycles. The third kappa shape index (κ3) is 89.3. The average molecular weight is 1510 g/mol. The van der Waals surface area contributed by atoms with Crippen LogP contribution >= 0.6 is 63.7 Å². The molecule has 0 aromatic carbocycles. The van der Waals surface area contributed by atoms with Crippen molar-refractivity contribution in [2.75, 3.05) is 79.0 Å². The number of quaternary nitrogens is 1. The van der Waals surface area contributed by atoms with Gasteiger partial charge in [-0.15, -0.1) is 0 Å². The number of alkyl halides is 9. The highest BCUT2D eigenvalue weighted by Gasteiger charge is 2.38. The van der Waals surface area contributed by atoms with Gasteiger partial charge in [0.15, 0.2) is 0 Å². The molecule has 2 amide bonds. The summed E-state index contributed by atoms with van der Waals surface area (Å²) in [6.45, 7) is 35.2. The molecule has 0 rings (SSSR count). The van der Waals surface area contributed by atoms with Crippen LogP contribution < -0.4 is 27.2 Å². The molecule has 10 N–H and O–H groups in total. The van der Waals surface area contributed by atoms with Gasteiger partial charge in [0.05, 0.1) is 50.5 Å². The molecule has 0 radical (unpaired) electrons. The molecule has 0 aromatic rings. The molecule has 0 aliphatic heterocycles. The Hall–Kier alpha value is -3.91. The molecule has 0 aromatic heterocycles. The first-order valence-electron chi connectivity index (χ1n) is 24.3. The van der Waals surface area contributed by atoms with Gasteiger partial charge in [-0.3, -0.25) is 14.4 Å². The van der Waals surface area contributed by atoms with E-state index in [2.05, 4.69) is 84.8 Å². The number of amides is 2. The summed E-state index contributed by atoms with van der Waals surface area (Å²) in [7, 11) is 0. The number of hydrogen-bond acceptors (Lipinski definition) is 22. The Morgan fingerprint density at radius 3 is 0.988 bits per heavy atom. The molecule has 0 spiro atoms. The second-order valence-corrected chi connectivity index (χ2v) is 27.4. The van der Waals surface area contributed by atoms with Crippen LogP contribution in [-0.4, -0.2) is 195 Å². The lowest BCUT2D eigenvalue weighted by molar-refractivity contribution is -0.372. The second kappa shape index (κ2) is 48.1. The van der Waals surface area contributed by atoms with E-state index in [0.717, 1.165) is 0 Å². The molecule has 84 heavy (non-hydrogen) atoms. The highest BCUT2D eigenvalue weighted by atomic mass is 79.9. The fourth-order valence-electron chi connectivity index (χ4n) is 2.68. The number of hydrogen-bond donors (Lipinski definition) is 7. The summed E-state index contributed by atoms with van der Waals surface area (Å²) in [4.78, 5) is 94.6. The number of ether oxygens (including phenoxy) is 9. The second-order valence-electron chi connectivity index (χ2n) is 20.8. The third-order valence-electron chi connectivity index (χ3n) is 5.89. The zero-order valence-corrected chi connectivity index (χ0v) is 57.0. The van der Waals surface area contributed by atoms with Crippen LogP contribution in [0.5, 0.6) is 0 Å². The Bertz CT molecular complexity index is 1770. The fraction of sp³-hybridized carbons (Fsp3) is 0.812. The lowest BCUT2D eigenvalue weighted by Gasteiger charge is -2.20. The van der Waals surface area contributed by atoms with Crippen molar-refractivity contribution in [3.05, 3.63) is 0 Å². The Kier molecular flexibility index (Phi) is 55.2. The number of rotatable bonds is 17. The molecule has 0 aliphatic rings. The summed E-state index contributed by atoms with van der Waals surface area (Å²) >= 11 is 12.3. The molecule has 0 bridgehead atoms. The van der Waals surface area contributed by atoms with Crippen LogP contribution in [0.15, 0.2) is 0 Å². The van der Waals surface area contributed by atoms with Gasteiger partial charge >= 0.3 is 54.8 Å². The zero-order valence-electron chi connectivity index (χ0n) is 50.6. The number of nitrogens with two attached hydrogens (primary N) is 1. The normalized spacial score (nSPS) is 11.3. The molecule has 26 nitrogen and oxygen atoms in total. The Morgan fingerprint density at radius 1 is 0.500 bits per heavy atom. The van der Waals surface area contributed by atoms with Crippen molar-refractivity contribution in [2.24, 2.45) is 5.73 Å². The van der Waals surface area contributed by atoms with Crippen molar-refractivity contribution < 1.29 is 138 Å². The van der Waals surface area contributed by atoms with Crippen LogP contribution in [-0.2, 0) is 66.6 Å². The number of aliphatic hydroxyl groups is 2. The third-order valence-corrected chi connectivity index (χ3v) is 8.42. The summed E-state index contributed by atoms with van der Waals surface area (Å²) in [5.74, 6) is -6.38. The van der Waals surface area contributed by atoms with Gasteiger partial charge in [-0.2, -0.15) is 26.3 Å². The molecular formula is C48H88Br4F6N4O22. The molecular weight excluding hydrogens is 1420 g/mol. The first kappa shape index (κ1) is 96.4. The highest BCUT2D eigenvalue weighted by molar-refractivity contribution is 9.20. The van der Waals surface area contributed by atoms with Crippen molar-refractivity contribution in [1.82, 2.24) is 10.6 Å². The molecule has 0 fully saturated rings. The Morgan fingerprint density at radius 2 is 0.774 bits per heavy atom.